The Morgan fingerprint density at radius 1 is 1.15 bits per heavy atom. The lowest BCUT2D eigenvalue weighted by Gasteiger charge is -2.34. The monoisotopic (exact) mass is 445 g/mol. The van der Waals surface area contributed by atoms with Crippen molar-refractivity contribution in [1.29, 1.82) is 0 Å². The molecule has 4 rings (SSSR count). The van der Waals surface area contributed by atoms with Gasteiger partial charge in [-0.3, -0.25) is 4.79 Å². The molecule has 4 heteroatoms. The number of benzene rings is 2. The molecule has 0 radical (unpaired) electrons. The second kappa shape index (κ2) is 9.86. The topological polar surface area (TPSA) is 42.7 Å². The fourth-order valence-corrected chi connectivity index (χ4v) is 5.02. The first kappa shape index (κ1) is 23.2. The number of ether oxygens (including phenoxy) is 1. The third-order valence-corrected chi connectivity index (χ3v) is 6.79. The minimum atomic E-state index is 0.100. The summed E-state index contributed by atoms with van der Waals surface area (Å²) in [6.07, 6.45) is 8.00. The molecule has 0 aliphatic carbocycles. The van der Waals surface area contributed by atoms with Gasteiger partial charge in [-0.15, -0.1) is 0 Å². The fourth-order valence-electron chi connectivity index (χ4n) is 5.02. The summed E-state index contributed by atoms with van der Waals surface area (Å²) in [5.41, 5.74) is 7.32. The van der Waals surface area contributed by atoms with Crippen LogP contribution in [-0.2, 0) is 4.79 Å². The van der Waals surface area contributed by atoms with E-state index >= 15 is 0 Å². The van der Waals surface area contributed by atoms with Crippen molar-refractivity contribution in [2.24, 2.45) is 0 Å². The molecule has 1 aliphatic rings. The number of carbonyl (C=O) groups is 1. The average Bonchev–Trinajstić information content (AvgIpc) is 3.21. The molecule has 4 nitrogen and oxygen atoms in total. The van der Waals surface area contributed by atoms with Crippen LogP contribution in [0.4, 0.5) is 0 Å². The van der Waals surface area contributed by atoms with Gasteiger partial charge >= 0.3 is 0 Å². The number of hydrogen-bond donors (Lipinski definition) is 0. The third kappa shape index (κ3) is 4.71. The molecule has 0 saturated carbocycles. The van der Waals surface area contributed by atoms with Gasteiger partial charge in [-0.1, -0.05) is 30.7 Å². The number of amides is 1. The molecule has 174 valence electrons. The summed E-state index contributed by atoms with van der Waals surface area (Å²) in [6, 6.07) is 10.9. The summed E-state index contributed by atoms with van der Waals surface area (Å²) >= 11 is 0. The van der Waals surface area contributed by atoms with Crippen LogP contribution in [0.3, 0.4) is 0 Å². The lowest BCUT2D eigenvalue weighted by molar-refractivity contribution is -0.129. The van der Waals surface area contributed by atoms with Crippen molar-refractivity contribution >= 4 is 22.4 Å². The van der Waals surface area contributed by atoms with Gasteiger partial charge in [0.25, 0.3) is 0 Å². The normalized spacial score (nSPS) is 16.9. The molecule has 1 atom stereocenters. The van der Waals surface area contributed by atoms with E-state index in [9.17, 15) is 4.79 Å². The summed E-state index contributed by atoms with van der Waals surface area (Å²) in [7, 11) is 0. The second-order valence-corrected chi connectivity index (χ2v) is 9.16. The first-order valence-electron chi connectivity index (χ1n) is 12.2. The highest BCUT2D eigenvalue weighted by Crippen LogP contribution is 2.38. The van der Waals surface area contributed by atoms with Crippen molar-refractivity contribution in [1.82, 2.24) is 4.90 Å². The minimum absolute atomic E-state index is 0.100. The number of furan rings is 1. The zero-order chi connectivity index (χ0) is 23.5. The Morgan fingerprint density at radius 2 is 1.97 bits per heavy atom. The predicted octanol–water partition coefficient (Wildman–Crippen LogP) is 7.31. The lowest BCUT2D eigenvalue weighted by atomic mass is 9.95. The van der Waals surface area contributed by atoms with E-state index in [2.05, 4.69) is 45.0 Å². The van der Waals surface area contributed by atoms with Gasteiger partial charge in [0.1, 0.15) is 11.3 Å². The van der Waals surface area contributed by atoms with Gasteiger partial charge in [0.05, 0.1) is 12.9 Å². The number of nitrogens with zero attached hydrogens (tertiary/aromatic N) is 1. The lowest BCUT2D eigenvalue weighted by Crippen LogP contribution is -2.42. The highest BCUT2D eigenvalue weighted by molar-refractivity contribution is 6.00. The molecule has 0 N–H and O–H groups in total. The summed E-state index contributed by atoms with van der Waals surface area (Å²) in [5.74, 6) is 0.849. The standard InChI is InChI=1S/C29H35NO3/c1-6-22-10-8-9-13-30(22)29(31)15-21(5)24-16-25-26(23-12-11-19(3)14-20(23)4)18-33-28(25)17-27(24)32-7-2/h11-12,14-18,22H,6-10,13H2,1-5H3/b21-15+. The minimum Gasteiger partial charge on any atom is -0.493 e. The number of allylic oxidation sites excluding steroid dienone is 1. The van der Waals surface area contributed by atoms with Crippen LogP contribution in [0.25, 0.3) is 27.7 Å². The van der Waals surface area contributed by atoms with Crippen molar-refractivity contribution in [2.45, 2.75) is 66.3 Å². The van der Waals surface area contributed by atoms with E-state index in [1.165, 1.54) is 17.5 Å². The maximum absolute atomic E-state index is 13.2. The van der Waals surface area contributed by atoms with Gasteiger partial charge in [0, 0.05) is 41.2 Å². The van der Waals surface area contributed by atoms with Crippen LogP contribution < -0.4 is 4.74 Å². The molecule has 1 fully saturated rings. The molecular formula is C29H35NO3. The summed E-state index contributed by atoms with van der Waals surface area (Å²) in [6.45, 7) is 11.8. The van der Waals surface area contributed by atoms with Crippen molar-refractivity contribution < 1.29 is 13.9 Å². The van der Waals surface area contributed by atoms with Crippen LogP contribution in [0.5, 0.6) is 5.75 Å². The SMILES string of the molecule is CCOc1cc2occ(-c3ccc(C)cc3C)c2cc1/C(C)=C/C(=O)N1CCCCC1CC. The smallest absolute Gasteiger partial charge is 0.247 e. The molecule has 1 saturated heterocycles. The molecule has 1 unspecified atom stereocenters. The molecule has 0 bridgehead atoms. The predicted molar refractivity (Wildman–Crippen MR) is 136 cm³/mol. The molecule has 2 heterocycles. The molecule has 1 aromatic heterocycles. The number of aryl methyl sites for hydroxylation is 2. The Labute approximate surface area is 197 Å². The number of piperidine rings is 1. The number of rotatable bonds is 6. The first-order valence-corrected chi connectivity index (χ1v) is 12.2. The zero-order valence-electron chi connectivity index (χ0n) is 20.5. The highest BCUT2D eigenvalue weighted by Gasteiger charge is 2.24. The summed E-state index contributed by atoms with van der Waals surface area (Å²) in [5, 5.41) is 1.03. The number of fused-ring (bicyclic) bond motifs is 1. The van der Waals surface area contributed by atoms with E-state index in [4.69, 9.17) is 9.15 Å². The Balaban J connectivity index is 1.77. The van der Waals surface area contributed by atoms with Crippen LogP contribution in [0.15, 0.2) is 47.1 Å². The second-order valence-electron chi connectivity index (χ2n) is 9.16. The number of hydrogen-bond acceptors (Lipinski definition) is 3. The van der Waals surface area contributed by atoms with E-state index in [0.29, 0.717) is 12.6 Å². The van der Waals surface area contributed by atoms with Crippen LogP contribution in [-0.4, -0.2) is 30.0 Å². The van der Waals surface area contributed by atoms with Gasteiger partial charge in [-0.2, -0.15) is 0 Å². The van der Waals surface area contributed by atoms with E-state index < -0.39 is 0 Å². The Hall–Kier alpha value is -3.01. The van der Waals surface area contributed by atoms with Crippen molar-refractivity contribution in [3.05, 3.63) is 59.4 Å². The van der Waals surface area contributed by atoms with Crippen LogP contribution in [0, 0.1) is 13.8 Å². The highest BCUT2D eigenvalue weighted by atomic mass is 16.5. The quantitative estimate of drug-likeness (QED) is 0.374. The van der Waals surface area contributed by atoms with Gasteiger partial charge in [-0.05, 0) is 76.1 Å². The largest absolute Gasteiger partial charge is 0.493 e. The average molecular weight is 446 g/mol. The fraction of sp³-hybridized carbons (Fsp3) is 0.414. The summed E-state index contributed by atoms with van der Waals surface area (Å²) < 4.78 is 11.9. The zero-order valence-corrected chi connectivity index (χ0v) is 20.5. The van der Waals surface area contributed by atoms with Crippen LogP contribution in [0.1, 0.15) is 63.1 Å². The van der Waals surface area contributed by atoms with E-state index in [-0.39, 0.29) is 5.91 Å². The van der Waals surface area contributed by atoms with Crippen molar-refractivity contribution in [3.63, 3.8) is 0 Å². The van der Waals surface area contributed by atoms with E-state index in [1.807, 2.05) is 31.1 Å². The Bertz CT molecular complexity index is 1190. The van der Waals surface area contributed by atoms with Gasteiger partial charge in [-0.25, -0.2) is 0 Å². The summed E-state index contributed by atoms with van der Waals surface area (Å²) in [4.78, 5) is 15.2. The maximum Gasteiger partial charge on any atom is 0.247 e. The molecule has 3 aromatic rings. The molecule has 1 aliphatic heterocycles. The van der Waals surface area contributed by atoms with E-state index in [1.54, 1.807) is 6.08 Å². The molecule has 1 amide bonds. The van der Waals surface area contributed by atoms with Gasteiger partial charge in [0.2, 0.25) is 5.91 Å². The molecule has 0 spiro atoms. The van der Waals surface area contributed by atoms with Crippen molar-refractivity contribution in [2.75, 3.05) is 13.2 Å². The number of likely N-dealkylation sites (tertiary alicyclic amines) is 1. The Morgan fingerprint density at radius 3 is 2.70 bits per heavy atom. The van der Waals surface area contributed by atoms with Gasteiger partial charge in [0.15, 0.2) is 0 Å². The molecule has 33 heavy (non-hydrogen) atoms. The van der Waals surface area contributed by atoms with Crippen molar-refractivity contribution in [3.8, 4) is 16.9 Å². The van der Waals surface area contributed by atoms with E-state index in [0.717, 1.165) is 64.8 Å². The Kier molecular flexibility index (Phi) is 6.92. The van der Waals surface area contributed by atoms with Gasteiger partial charge < -0.3 is 14.1 Å². The maximum atomic E-state index is 13.2. The van der Waals surface area contributed by atoms with Crippen LogP contribution in [0.2, 0.25) is 0 Å². The number of carbonyl (C=O) groups excluding carboxylic acids is 1. The molecular weight excluding hydrogens is 410 g/mol. The molecule has 2 aromatic carbocycles. The third-order valence-electron chi connectivity index (χ3n) is 6.79. The van der Waals surface area contributed by atoms with Crippen LogP contribution >= 0.6 is 0 Å². The first-order chi connectivity index (χ1) is 15.9.